The highest BCUT2D eigenvalue weighted by Gasteiger charge is 2.35. The molecule has 0 saturated heterocycles. The van der Waals surface area contributed by atoms with Gasteiger partial charge in [0.05, 0.1) is 12.8 Å². The average Bonchev–Trinajstić information content (AvgIpc) is 3.06. The van der Waals surface area contributed by atoms with Crippen LogP contribution in [0, 0.1) is 0 Å². The SMILES string of the molecule is CN(c1nccnc1CNc1nc(Nc2ccc3c(c2)CCNCC3)ncc1C(F)(F)F)S(C)(=O)=O. The normalized spacial score (nSPS) is 14.0. The first-order chi connectivity index (χ1) is 17.0. The molecule has 36 heavy (non-hydrogen) atoms. The minimum Gasteiger partial charge on any atom is -0.364 e. The summed E-state index contributed by atoms with van der Waals surface area (Å²) >= 11 is 0. The fourth-order valence-corrected chi connectivity index (χ4v) is 4.20. The van der Waals surface area contributed by atoms with E-state index in [2.05, 4.69) is 35.9 Å². The van der Waals surface area contributed by atoms with Gasteiger partial charge in [0.15, 0.2) is 5.82 Å². The first-order valence-corrected chi connectivity index (χ1v) is 12.9. The molecule has 0 atom stereocenters. The molecule has 0 amide bonds. The Morgan fingerprint density at radius 2 is 1.81 bits per heavy atom. The van der Waals surface area contributed by atoms with Crippen molar-refractivity contribution in [2.45, 2.75) is 25.6 Å². The third-order valence-corrected chi connectivity index (χ3v) is 6.84. The van der Waals surface area contributed by atoms with Crippen LogP contribution in [0.5, 0.6) is 0 Å². The van der Waals surface area contributed by atoms with Gasteiger partial charge in [0.1, 0.15) is 17.1 Å². The van der Waals surface area contributed by atoms with Crippen LogP contribution in [0.25, 0.3) is 0 Å². The number of alkyl halides is 3. The molecule has 0 saturated carbocycles. The van der Waals surface area contributed by atoms with Crippen LogP contribution in [0.4, 0.5) is 36.4 Å². The summed E-state index contributed by atoms with van der Waals surface area (Å²) < 4.78 is 65.7. The summed E-state index contributed by atoms with van der Waals surface area (Å²) in [6.07, 6.45) is 1.33. The second-order valence-electron chi connectivity index (χ2n) is 8.22. The molecule has 1 aliphatic rings. The summed E-state index contributed by atoms with van der Waals surface area (Å²) in [6.45, 7) is 1.49. The van der Waals surface area contributed by atoms with E-state index < -0.39 is 27.6 Å². The van der Waals surface area contributed by atoms with Crippen LogP contribution in [0.15, 0.2) is 36.8 Å². The number of hydrogen-bond donors (Lipinski definition) is 3. The summed E-state index contributed by atoms with van der Waals surface area (Å²) in [7, 11) is -2.37. The molecule has 2 aromatic heterocycles. The van der Waals surface area contributed by atoms with Crippen molar-refractivity contribution >= 4 is 33.3 Å². The van der Waals surface area contributed by atoms with Crippen LogP contribution in [0.3, 0.4) is 0 Å². The average molecular weight is 523 g/mol. The number of fused-ring (bicyclic) bond motifs is 1. The van der Waals surface area contributed by atoms with E-state index >= 15 is 0 Å². The van der Waals surface area contributed by atoms with Gasteiger partial charge in [-0.1, -0.05) is 6.07 Å². The van der Waals surface area contributed by atoms with E-state index in [4.69, 9.17) is 0 Å². The van der Waals surface area contributed by atoms with E-state index in [9.17, 15) is 21.6 Å². The summed E-state index contributed by atoms with van der Waals surface area (Å²) in [5.41, 5.74) is 2.10. The molecule has 0 radical (unpaired) electrons. The number of halogens is 3. The van der Waals surface area contributed by atoms with E-state index in [1.54, 1.807) is 0 Å². The monoisotopic (exact) mass is 522 g/mol. The molecule has 1 aromatic carbocycles. The van der Waals surface area contributed by atoms with E-state index in [1.165, 1.54) is 25.0 Å². The minimum absolute atomic E-state index is 0.00655. The van der Waals surface area contributed by atoms with Crippen molar-refractivity contribution in [1.29, 1.82) is 0 Å². The zero-order valence-electron chi connectivity index (χ0n) is 19.6. The molecular formula is C22H25F3N8O2S. The molecule has 1 aliphatic heterocycles. The maximum absolute atomic E-state index is 13.7. The highest BCUT2D eigenvalue weighted by atomic mass is 32.2. The molecule has 0 spiro atoms. The van der Waals surface area contributed by atoms with Gasteiger partial charge in [-0.2, -0.15) is 18.2 Å². The van der Waals surface area contributed by atoms with Crippen molar-refractivity contribution in [2.24, 2.45) is 0 Å². The van der Waals surface area contributed by atoms with E-state index in [0.717, 1.165) is 42.1 Å². The highest BCUT2D eigenvalue weighted by Crippen LogP contribution is 2.34. The fourth-order valence-electron chi connectivity index (χ4n) is 3.74. The number of anilines is 4. The van der Waals surface area contributed by atoms with Crippen molar-refractivity contribution < 1.29 is 21.6 Å². The molecule has 0 unspecified atom stereocenters. The number of benzene rings is 1. The smallest absolute Gasteiger partial charge is 0.364 e. The lowest BCUT2D eigenvalue weighted by Gasteiger charge is -2.19. The number of hydrogen-bond acceptors (Lipinski definition) is 9. The lowest BCUT2D eigenvalue weighted by atomic mass is 10.0. The zero-order chi connectivity index (χ0) is 25.9. The molecular weight excluding hydrogens is 497 g/mol. The van der Waals surface area contributed by atoms with Crippen molar-refractivity contribution in [3.8, 4) is 0 Å². The van der Waals surface area contributed by atoms with Crippen LogP contribution >= 0.6 is 0 Å². The maximum Gasteiger partial charge on any atom is 0.421 e. The van der Waals surface area contributed by atoms with Gasteiger partial charge in [-0.05, 0) is 49.2 Å². The highest BCUT2D eigenvalue weighted by molar-refractivity contribution is 7.92. The van der Waals surface area contributed by atoms with E-state index in [1.807, 2.05) is 18.2 Å². The molecule has 4 rings (SSSR count). The van der Waals surface area contributed by atoms with Gasteiger partial charge >= 0.3 is 6.18 Å². The summed E-state index contributed by atoms with van der Waals surface area (Å²) in [5.74, 6) is -0.504. The number of aromatic nitrogens is 4. The first kappa shape index (κ1) is 25.6. The lowest BCUT2D eigenvalue weighted by Crippen LogP contribution is -2.27. The Balaban J connectivity index is 1.60. The van der Waals surface area contributed by atoms with Gasteiger partial charge in [0.25, 0.3) is 0 Å². The topological polar surface area (TPSA) is 125 Å². The first-order valence-electron chi connectivity index (χ1n) is 11.0. The van der Waals surface area contributed by atoms with Crippen LogP contribution in [-0.2, 0) is 35.6 Å². The molecule has 14 heteroatoms. The molecule has 10 nitrogen and oxygen atoms in total. The second kappa shape index (κ2) is 10.2. The van der Waals surface area contributed by atoms with Gasteiger partial charge in [-0.25, -0.2) is 18.4 Å². The molecule has 3 heterocycles. The summed E-state index contributed by atoms with van der Waals surface area (Å²) in [5, 5.41) is 8.93. The Morgan fingerprint density at radius 3 is 2.53 bits per heavy atom. The Hall–Kier alpha value is -3.52. The Bertz CT molecular complexity index is 1350. The predicted octanol–water partition coefficient (Wildman–Crippen LogP) is 2.73. The fraction of sp³-hybridized carbons (Fsp3) is 0.364. The molecule has 3 N–H and O–H groups in total. The van der Waals surface area contributed by atoms with Crippen molar-refractivity contribution in [1.82, 2.24) is 25.3 Å². The largest absolute Gasteiger partial charge is 0.421 e. The molecule has 0 aliphatic carbocycles. The molecule has 0 fully saturated rings. The minimum atomic E-state index is -4.72. The zero-order valence-corrected chi connectivity index (χ0v) is 20.4. The third-order valence-electron chi connectivity index (χ3n) is 5.67. The van der Waals surface area contributed by atoms with Crippen molar-refractivity contribution in [3.05, 3.63) is 59.2 Å². The predicted molar refractivity (Wildman–Crippen MR) is 130 cm³/mol. The Kier molecular flexibility index (Phi) is 7.26. The lowest BCUT2D eigenvalue weighted by molar-refractivity contribution is -0.137. The molecule has 0 bridgehead atoms. The number of sulfonamides is 1. The quantitative estimate of drug-likeness (QED) is 0.430. The van der Waals surface area contributed by atoms with Crippen LogP contribution in [0.2, 0.25) is 0 Å². The van der Waals surface area contributed by atoms with Gasteiger partial charge in [0.2, 0.25) is 16.0 Å². The van der Waals surface area contributed by atoms with E-state index in [0.29, 0.717) is 11.9 Å². The second-order valence-corrected chi connectivity index (χ2v) is 10.2. The maximum atomic E-state index is 13.7. The van der Waals surface area contributed by atoms with Gasteiger partial charge in [-0.15, -0.1) is 0 Å². The molecule has 192 valence electrons. The number of rotatable bonds is 7. The van der Waals surface area contributed by atoms with Gasteiger partial charge in [0, 0.05) is 31.3 Å². The summed E-state index contributed by atoms with van der Waals surface area (Å²) in [4.78, 5) is 16.0. The molecule has 3 aromatic rings. The van der Waals surface area contributed by atoms with Crippen molar-refractivity contribution in [2.75, 3.05) is 41.3 Å². The Labute approximate surface area is 206 Å². The number of nitrogens with zero attached hydrogens (tertiary/aromatic N) is 5. The third kappa shape index (κ3) is 5.99. The van der Waals surface area contributed by atoms with Crippen LogP contribution in [-0.4, -0.2) is 54.7 Å². The Morgan fingerprint density at radius 1 is 1.08 bits per heavy atom. The standard InChI is InChI=1S/C22H25F3N8O2S/c1-33(36(2,34)35)20-18(27-9-10-28-20)13-29-19-17(22(23,24)25)12-30-21(32-19)31-16-4-3-14-5-7-26-8-6-15(14)11-16/h3-4,9-12,26H,5-8,13H2,1-2H3,(H2,29,30,31,32). The van der Waals surface area contributed by atoms with Crippen molar-refractivity contribution in [3.63, 3.8) is 0 Å². The van der Waals surface area contributed by atoms with Crippen LogP contribution in [0.1, 0.15) is 22.4 Å². The summed E-state index contributed by atoms with van der Waals surface area (Å²) in [6, 6.07) is 5.77. The van der Waals surface area contributed by atoms with Crippen LogP contribution < -0.4 is 20.3 Å². The van der Waals surface area contributed by atoms with Gasteiger partial charge < -0.3 is 16.0 Å². The number of nitrogens with one attached hydrogen (secondary N) is 3. The van der Waals surface area contributed by atoms with Gasteiger partial charge in [-0.3, -0.25) is 9.29 Å². The van der Waals surface area contributed by atoms with E-state index in [-0.39, 0.29) is 24.0 Å².